The van der Waals surface area contributed by atoms with Gasteiger partial charge in [-0.15, -0.1) is 0 Å². The lowest BCUT2D eigenvalue weighted by Crippen LogP contribution is -2.37. The fourth-order valence-electron chi connectivity index (χ4n) is 2.14. The largest absolute Gasteiger partial charge is 0.493 e. The number of hydrogen-bond acceptors (Lipinski definition) is 5. The number of benzene rings is 1. The Hall–Kier alpha value is -1.82. The minimum Gasteiger partial charge on any atom is -0.493 e. The van der Waals surface area contributed by atoms with Gasteiger partial charge in [-0.3, -0.25) is 10.1 Å². The molecule has 0 bridgehead atoms. The summed E-state index contributed by atoms with van der Waals surface area (Å²) in [4.78, 5) is 10.4. The summed E-state index contributed by atoms with van der Waals surface area (Å²) in [5.41, 5.74) is 5.53. The van der Waals surface area contributed by atoms with Gasteiger partial charge in [0.25, 0.3) is 5.69 Å². The van der Waals surface area contributed by atoms with E-state index in [1.54, 1.807) is 6.07 Å². The molecule has 1 saturated carbocycles. The van der Waals surface area contributed by atoms with E-state index in [9.17, 15) is 10.1 Å². The van der Waals surface area contributed by atoms with E-state index >= 15 is 0 Å². The molecule has 1 aromatic carbocycles. The third-order valence-corrected chi connectivity index (χ3v) is 3.22. The van der Waals surface area contributed by atoms with Crippen molar-refractivity contribution in [3.05, 3.63) is 28.3 Å². The van der Waals surface area contributed by atoms with Crippen LogP contribution in [0.1, 0.15) is 19.8 Å². The van der Waals surface area contributed by atoms with Crippen molar-refractivity contribution in [3.8, 4) is 11.5 Å². The minimum absolute atomic E-state index is 0.0179. The van der Waals surface area contributed by atoms with Gasteiger partial charge < -0.3 is 15.2 Å². The molecule has 0 radical (unpaired) electrons. The van der Waals surface area contributed by atoms with Crippen molar-refractivity contribution >= 4 is 5.69 Å². The number of nitro groups is 1. The maximum Gasteiger partial charge on any atom is 0.276 e. The standard InChI is InChI=1S/C13H18N2O4/c1-2-18-11-5-10(15(16)17)6-13(7-11)19-12-3-9(4-12)8-14/h5-7,9,12H,2-4,8,14H2,1H3. The van der Waals surface area contributed by atoms with Gasteiger partial charge in [0.05, 0.1) is 29.8 Å². The number of nitrogens with zero attached hydrogens (tertiary/aromatic N) is 1. The zero-order valence-corrected chi connectivity index (χ0v) is 10.9. The van der Waals surface area contributed by atoms with Crippen LogP contribution in [0.4, 0.5) is 5.69 Å². The summed E-state index contributed by atoms with van der Waals surface area (Å²) >= 11 is 0. The van der Waals surface area contributed by atoms with E-state index in [0.717, 1.165) is 12.8 Å². The first kappa shape index (κ1) is 13.6. The molecule has 2 N–H and O–H groups in total. The quantitative estimate of drug-likeness (QED) is 0.629. The van der Waals surface area contributed by atoms with Crippen molar-refractivity contribution in [3.63, 3.8) is 0 Å². The van der Waals surface area contributed by atoms with Crippen LogP contribution in [0.3, 0.4) is 0 Å². The number of non-ortho nitro benzene ring substituents is 1. The molecule has 0 heterocycles. The molecule has 0 saturated heterocycles. The van der Waals surface area contributed by atoms with Crippen LogP contribution in [0.25, 0.3) is 0 Å². The molecule has 1 aliphatic carbocycles. The Kier molecular flexibility index (Phi) is 4.21. The van der Waals surface area contributed by atoms with Crippen LogP contribution in [-0.4, -0.2) is 24.2 Å². The van der Waals surface area contributed by atoms with Gasteiger partial charge >= 0.3 is 0 Å². The first-order chi connectivity index (χ1) is 9.12. The summed E-state index contributed by atoms with van der Waals surface area (Å²) in [6, 6.07) is 4.52. The topological polar surface area (TPSA) is 87.6 Å². The van der Waals surface area contributed by atoms with E-state index in [1.165, 1.54) is 12.1 Å². The maximum absolute atomic E-state index is 10.9. The van der Waals surface area contributed by atoms with Gasteiger partial charge in [-0.25, -0.2) is 0 Å². The first-order valence-corrected chi connectivity index (χ1v) is 6.41. The maximum atomic E-state index is 10.9. The summed E-state index contributed by atoms with van der Waals surface area (Å²) in [5.74, 6) is 1.45. The lowest BCUT2D eigenvalue weighted by atomic mass is 9.82. The molecule has 1 aromatic rings. The lowest BCUT2D eigenvalue weighted by Gasteiger charge is -2.34. The van der Waals surface area contributed by atoms with Gasteiger partial charge in [0.15, 0.2) is 0 Å². The molecule has 0 aliphatic heterocycles. The van der Waals surface area contributed by atoms with E-state index < -0.39 is 4.92 Å². The van der Waals surface area contributed by atoms with Crippen LogP contribution in [-0.2, 0) is 0 Å². The van der Waals surface area contributed by atoms with Crippen LogP contribution in [0.2, 0.25) is 0 Å². The van der Waals surface area contributed by atoms with Crippen LogP contribution in [0, 0.1) is 16.0 Å². The highest BCUT2D eigenvalue weighted by molar-refractivity contribution is 5.46. The van der Waals surface area contributed by atoms with Gasteiger partial charge in [0, 0.05) is 6.07 Å². The number of rotatable bonds is 6. The van der Waals surface area contributed by atoms with Crippen molar-refractivity contribution in [2.24, 2.45) is 11.7 Å². The van der Waals surface area contributed by atoms with Crippen molar-refractivity contribution < 1.29 is 14.4 Å². The van der Waals surface area contributed by atoms with Gasteiger partial charge in [-0.2, -0.15) is 0 Å². The number of nitro benzene ring substituents is 1. The molecule has 0 aromatic heterocycles. The second-order valence-corrected chi connectivity index (χ2v) is 4.67. The van der Waals surface area contributed by atoms with E-state index in [0.29, 0.717) is 30.6 Å². The summed E-state index contributed by atoms with van der Waals surface area (Å²) in [6.45, 7) is 2.95. The van der Waals surface area contributed by atoms with Crippen molar-refractivity contribution in [2.75, 3.05) is 13.2 Å². The Morgan fingerprint density at radius 3 is 2.63 bits per heavy atom. The molecule has 19 heavy (non-hydrogen) atoms. The second-order valence-electron chi connectivity index (χ2n) is 4.67. The van der Waals surface area contributed by atoms with Gasteiger partial charge in [0.2, 0.25) is 0 Å². The van der Waals surface area contributed by atoms with Gasteiger partial charge in [-0.05, 0) is 32.2 Å². The molecule has 6 nitrogen and oxygen atoms in total. The van der Waals surface area contributed by atoms with E-state index in [2.05, 4.69) is 0 Å². The highest BCUT2D eigenvalue weighted by atomic mass is 16.6. The molecule has 0 unspecified atom stereocenters. The van der Waals surface area contributed by atoms with Gasteiger partial charge in [-0.1, -0.05) is 0 Å². The predicted molar refractivity (Wildman–Crippen MR) is 70.5 cm³/mol. The molecule has 104 valence electrons. The molecular formula is C13H18N2O4. The highest BCUT2D eigenvalue weighted by Crippen LogP contribution is 2.34. The summed E-state index contributed by atoms with van der Waals surface area (Å²) in [5, 5.41) is 10.9. The molecule has 1 aliphatic rings. The molecule has 0 spiro atoms. The van der Waals surface area contributed by atoms with Crippen LogP contribution in [0.5, 0.6) is 11.5 Å². The number of nitrogens with two attached hydrogens (primary N) is 1. The van der Waals surface area contributed by atoms with E-state index in [1.807, 2.05) is 6.92 Å². The third kappa shape index (κ3) is 3.35. The molecule has 0 atom stereocenters. The zero-order chi connectivity index (χ0) is 13.8. The molecule has 6 heteroatoms. The average Bonchev–Trinajstić information content (AvgIpc) is 2.33. The van der Waals surface area contributed by atoms with Gasteiger partial charge in [0.1, 0.15) is 11.5 Å². The first-order valence-electron chi connectivity index (χ1n) is 6.41. The van der Waals surface area contributed by atoms with Crippen molar-refractivity contribution in [1.29, 1.82) is 0 Å². The number of ether oxygens (including phenoxy) is 2. The molecule has 0 amide bonds. The average molecular weight is 266 g/mol. The Morgan fingerprint density at radius 1 is 1.37 bits per heavy atom. The molecule has 2 rings (SSSR count). The number of hydrogen-bond donors (Lipinski definition) is 1. The van der Waals surface area contributed by atoms with E-state index in [4.69, 9.17) is 15.2 Å². The Balaban J connectivity index is 2.08. The Morgan fingerprint density at radius 2 is 2.05 bits per heavy atom. The summed E-state index contributed by atoms with van der Waals surface area (Å²) < 4.78 is 11.0. The van der Waals surface area contributed by atoms with Crippen molar-refractivity contribution in [2.45, 2.75) is 25.9 Å². The SMILES string of the molecule is CCOc1cc(OC2CC(CN)C2)cc([N+](=O)[O-])c1. The molecular weight excluding hydrogens is 248 g/mol. The summed E-state index contributed by atoms with van der Waals surface area (Å²) in [6.07, 6.45) is 1.91. The third-order valence-electron chi connectivity index (χ3n) is 3.22. The monoisotopic (exact) mass is 266 g/mol. The normalized spacial score (nSPS) is 21.6. The fraction of sp³-hybridized carbons (Fsp3) is 0.538. The van der Waals surface area contributed by atoms with Crippen LogP contribution in [0.15, 0.2) is 18.2 Å². The highest BCUT2D eigenvalue weighted by Gasteiger charge is 2.30. The fourth-order valence-corrected chi connectivity index (χ4v) is 2.14. The van der Waals surface area contributed by atoms with Crippen molar-refractivity contribution in [1.82, 2.24) is 0 Å². The summed E-state index contributed by atoms with van der Waals surface area (Å²) in [7, 11) is 0. The molecule has 1 fully saturated rings. The Labute approximate surface area is 111 Å². The smallest absolute Gasteiger partial charge is 0.276 e. The lowest BCUT2D eigenvalue weighted by molar-refractivity contribution is -0.385. The van der Waals surface area contributed by atoms with Crippen LogP contribution >= 0.6 is 0 Å². The minimum atomic E-state index is -0.446. The zero-order valence-electron chi connectivity index (χ0n) is 10.9. The Bertz CT molecular complexity index is 458. The second kappa shape index (κ2) is 5.88. The van der Waals surface area contributed by atoms with Crippen LogP contribution < -0.4 is 15.2 Å². The van der Waals surface area contributed by atoms with E-state index in [-0.39, 0.29) is 11.8 Å². The predicted octanol–water partition coefficient (Wildman–Crippen LogP) is 2.11.